The van der Waals surface area contributed by atoms with Crippen LogP contribution in [-0.4, -0.2) is 16.5 Å². The largest absolute Gasteiger partial charge is 0.192 e. The summed E-state index contributed by atoms with van der Waals surface area (Å²) >= 11 is 10.3. The fourth-order valence-corrected chi connectivity index (χ4v) is 3.72. The van der Waals surface area contributed by atoms with Crippen LogP contribution in [0.25, 0.3) is 0 Å². The number of hydrogen-bond acceptors (Lipinski definition) is 6. The highest BCUT2D eigenvalue weighted by Crippen LogP contribution is 2.35. The first kappa shape index (κ1) is 12.7. The standard InChI is InChI=1S/C10H6ClN3S3/c1-15-9-13-14-10(17-9)16-8-3-2-7(11)4-6(8)5-12/h2-4H,1H3. The minimum absolute atomic E-state index is 0.559. The molecule has 2 aromatic rings. The van der Waals surface area contributed by atoms with E-state index >= 15 is 0 Å². The van der Waals surface area contributed by atoms with Gasteiger partial charge in [-0.1, -0.05) is 46.5 Å². The molecule has 0 spiro atoms. The monoisotopic (exact) mass is 299 g/mol. The lowest BCUT2D eigenvalue weighted by atomic mass is 10.2. The lowest BCUT2D eigenvalue weighted by Gasteiger charge is -2.00. The maximum absolute atomic E-state index is 9.01. The molecule has 0 atom stereocenters. The van der Waals surface area contributed by atoms with E-state index in [2.05, 4.69) is 16.3 Å². The zero-order valence-corrected chi connectivity index (χ0v) is 11.9. The van der Waals surface area contributed by atoms with E-state index < -0.39 is 0 Å². The number of rotatable bonds is 3. The first-order valence-corrected chi connectivity index (χ1v) is 7.71. The van der Waals surface area contributed by atoms with Crippen molar-refractivity contribution in [3.05, 3.63) is 28.8 Å². The van der Waals surface area contributed by atoms with Crippen molar-refractivity contribution >= 4 is 46.5 Å². The first-order valence-electron chi connectivity index (χ1n) is 4.48. The second kappa shape index (κ2) is 5.74. The van der Waals surface area contributed by atoms with Crippen molar-refractivity contribution in [1.29, 1.82) is 5.26 Å². The third-order valence-corrected chi connectivity index (χ3v) is 5.08. The summed E-state index contributed by atoms with van der Waals surface area (Å²) in [7, 11) is 0. The van der Waals surface area contributed by atoms with Gasteiger partial charge in [-0.15, -0.1) is 10.2 Å². The van der Waals surface area contributed by atoms with Crippen LogP contribution in [0.3, 0.4) is 0 Å². The van der Waals surface area contributed by atoms with E-state index in [9.17, 15) is 0 Å². The lowest BCUT2D eigenvalue weighted by molar-refractivity contribution is 0.955. The molecule has 1 aromatic carbocycles. The molecule has 1 heterocycles. The third-order valence-electron chi connectivity index (χ3n) is 1.82. The van der Waals surface area contributed by atoms with Crippen LogP contribution in [0, 0.1) is 11.3 Å². The van der Waals surface area contributed by atoms with Gasteiger partial charge in [0.2, 0.25) is 0 Å². The Bertz CT molecular complexity index is 576. The van der Waals surface area contributed by atoms with Gasteiger partial charge >= 0.3 is 0 Å². The SMILES string of the molecule is CSc1nnc(Sc2ccc(Cl)cc2C#N)s1. The number of benzene rings is 1. The Labute approximate surface area is 116 Å². The van der Waals surface area contributed by atoms with Gasteiger partial charge < -0.3 is 0 Å². The molecular weight excluding hydrogens is 294 g/mol. The molecule has 2 rings (SSSR count). The molecule has 0 amide bonds. The van der Waals surface area contributed by atoms with Gasteiger partial charge in [0.1, 0.15) is 6.07 Å². The number of halogens is 1. The number of thioether (sulfide) groups is 1. The molecule has 86 valence electrons. The average molecular weight is 300 g/mol. The molecule has 0 aliphatic heterocycles. The molecule has 0 N–H and O–H groups in total. The van der Waals surface area contributed by atoms with E-state index in [1.807, 2.05) is 12.3 Å². The summed E-state index contributed by atoms with van der Waals surface area (Å²) in [5.74, 6) is 0. The normalized spacial score (nSPS) is 10.2. The molecule has 0 aliphatic carbocycles. The maximum atomic E-state index is 9.01. The highest BCUT2D eigenvalue weighted by molar-refractivity contribution is 8.03. The van der Waals surface area contributed by atoms with Crippen molar-refractivity contribution in [2.75, 3.05) is 6.26 Å². The second-order valence-corrected chi connectivity index (χ2v) is 6.65. The summed E-state index contributed by atoms with van der Waals surface area (Å²) in [5, 5.41) is 17.6. The van der Waals surface area contributed by atoms with Crippen molar-refractivity contribution in [3.8, 4) is 6.07 Å². The van der Waals surface area contributed by atoms with Crippen LogP contribution in [0.1, 0.15) is 5.56 Å². The highest BCUT2D eigenvalue weighted by atomic mass is 35.5. The molecule has 0 bridgehead atoms. The number of nitrogens with zero attached hydrogens (tertiary/aromatic N) is 3. The van der Waals surface area contributed by atoms with E-state index in [1.54, 1.807) is 23.9 Å². The predicted molar refractivity (Wildman–Crippen MR) is 72.0 cm³/mol. The fourth-order valence-electron chi connectivity index (χ4n) is 1.09. The molecule has 0 radical (unpaired) electrons. The quantitative estimate of drug-likeness (QED) is 0.804. The van der Waals surface area contributed by atoms with Crippen LogP contribution in [-0.2, 0) is 0 Å². The summed E-state index contributed by atoms with van der Waals surface area (Å²) in [4.78, 5) is 0.848. The molecule has 0 unspecified atom stereocenters. The minimum Gasteiger partial charge on any atom is -0.192 e. The molecule has 3 nitrogen and oxygen atoms in total. The molecule has 1 aromatic heterocycles. The van der Waals surface area contributed by atoms with Crippen molar-refractivity contribution in [3.63, 3.8) is 0 Å². The summed E-state index contributed by atoms with van der Waals surface area (Å²) in [5.41, 5.74) is 0.559. The fraction of sp³-hybridized carbons (Fsp3) is 0.100. The third kappa shape index (κ3) is 3.13. The summed E-state index contributed by atoms with van der Waals surface area (Å²) < 4.78 is 1.74. The zero-order valence-electron chi connectivity index (χ0n) is 8.68. The Hall–Kier alpha value is -0.740. The van der Waals surface area contributed by atoms with Gasteiger partial charge in [-0.2, -0.15) is 5.26 Å². The van der Waals surface area contributed by atoms with Crippen LogP contribution >= 0.6 is 46.5 Å². The van der Waals surface area contributed by atoms with E-state index in [1.165, 1.54) is 23.1 Å². The van der Waals surface area contributed by atoms with Crippen molar-refractivity contribution in [2.24, 2.45) is 0 Å². The van der Waals surface area contributed by atoms with E-state index in [0.717, 1.165) is 13.6 Å². The molecule has 0 saturated heterocycles. The number of nitriles is 1. The topological polar surface area (TPSA) is 49.6 Å². The number of aromatic nitrogens is 2. The average Bonchev–Trinajstić information content (AvgIpc) is 2.79. The predicted octanol–water partition coefficient (Wildman–Crippen LogP) is 3.94. The van der Waals surface area contributed by atoms with Crippen molar-refractivity contribution in [1.82, 2.24) is 10.2 Å². The van der Waals surface area contributed by atoms with Crippen molar-refractivity contribution in [2.45, 2.75) is 13.6 Å². The van der Waals surface area contributed by atoms with Gasteiger partial charge in [-0.05, 0) is 24.5 Å². The van der Waals surface area contributed by atoms with Gasteiger partial charge in [-0.3, -0.25) is 0 Å². The van der Waals surface area contributed by atoms with Gasteiger partial charge in [0.15, 0.2) is 8.68 Å². The Morgan fingerprint density at radius 1 is 1.35 bits per heavy atom. The van der Waals surface area contributed by atoms with Gasteiger partial charge in [0.05, 0.1) is 5.56 Å². The van der Waals surface area contributed by atoms with Crippen LogP contribution in [0.2, 0.25) is 5.02 Å². The van der Waals surface area contributed by atoms with Gasteiger partial charge in [-0.25, -0.2) is 0 Å². The molecule has 7 heteroatoms. The maximum Gasteiger partial charge on any atom is 0.179 e. The summed E-state index contributed by atoms with van der Waals surface area (Å²) in [6.45, 7) is 0. The van der Waals surface area contributed by atoms with Crippen molar-refractivity contribution < 1.29 is 0 Å². The number of hydrogen-bond donors (Lipinski definition) is 0. The molecular formula is C10H6ClN3S3. The molecule has 0 aliphatic rings. The molecule has 17 heavy (non-hydrogen) atoms. The summed E-state index contributed by atoms with van der Waals surface area (Å²) in [6, 6.07) is 7.37. The van der Waals surface area contributed by atoms with Gasteiger partial charge in [0.25, 0.3) is 0 Å². The van der Waals surface area contributed by atoms with Crippen LogP contribution in [0.5, 0.6) is 0 Å². The van der Waals surface area contributed by atoms with Crippen LogP contribution in [0.15, 0.2) is 31.8 Å². The molecule has 0 fully saturated rings. The Morgan fingerprint density at radius 3 is 2.76 bits per heavy atom. The Balaban J connectivity index is 2.27. The van der Waals surface area contributed by atoms with Gasteiger partial charge in [0, 0.05) is 9.92 Å². The smallest absolute Gasteiger partial charge is 0.179 e. The summed E-state index contributed by atoms with van der Waals surface area (Å²) in [6.07, 6.45) is 1.96. The van der Waals surface area contributed by atoms with E-state index in [-0.39, 0.29) is 0 Å². The second-order valence-electron chi connectivity index (χ2n) is 2.89. The Morgan fingerprint density at radius 2 is 2.12 bits per heavy atom. The zero-order chi connectivity index (χ0) is 12.3. The first-order chi connectivity index (χ1) is 8.22. The molecule has 0 saturated carbocycles. The lowest BCUT2D eigenvalue weighted by Crippen LogP contribution is -1.81. The van der Waals surface area contributed by atoms with E-state index in [0.29, 0.717) is 10.6 Å². The van der Waals surface area contributed by atoms with E-state index in [4.69, 9.17) is 16.9 Å². The van der Waals surface area contributed by atoms with Crippen LogP contribution in [0.4, 0.5) is 0 Å². The highest BCUT2D eigenvalue weighted by Gasteiger charge is 2.09. The van der Waals surface area contributed by atoms with Crippen LogP contribution < -0.4 is 0 Å². The minimum atomic E-state index is 0.559. The Kier molecular flexibility index (Phi) is 4.29.